The van der Waals surface area contributed by atoms with E-state index in [1.54, 1.807) is 0 Å². The maximum atomic E-state index is 11.6. The summed E-state index contributed by atoms with van der Waals surface area (Å²) in [4.78, 5) is 24.3. The lowest BCUT2D eigenvalue weighted by atomic mass is 9.84. The van der Waals surface area contributed by atoms with Crippen LogP contribution in [-0.2, 0) is 11.3 Å². The van der Waals surface area contributed by atoms with E-state index in [4.69, 9.17) is 0 Å². The van der Waals surface area contributed by atoms with Crippen LogP contribution in [0, 0.1) is 0 Å². The number of β-lactam (4-membered cyclic amide) rings is 1. The molecule has 3 rings (SSSR count). The normalized spacial score (nSPS) is 24.7. The third kappa shape index (κ3) is 3.33. The quantitative estimate of drug-likeness (QED) is 0.839. The number of amides is 2. The van der Waals surface area contributed by atoms with Crippen LogP contribution >= 0.6 is 0 Å². The van der Waals surface area contributed by atoms with Gasteiger partial charge in [-0.05, 0) is 36.8 Å². The molecule has 2 N–H and O–H groups in total. The highest BCUT2D eigenvalue weighted by molar-refractivity contribution is 5.91. The highest BCUT2D eigenvalue weighted by Crippen LogP contribution is 2.32. The molecule has 0 unspecified atom stereocenters. The molecule has 1 aliphatic carbocycles. The molecule has 0 spiro atoms. The van der Waals surface area contributed by atoms with E-state index < -0.39 is 12.1 Å². The molecule has 124 valence electrons. The third-order valence-electron chi connectivity index (χ3n) is 5.10. The molecule has 1 saturated carbocycles. The Morgan fingerprint density at radius 1 is 1.22 bits per heavy atom. The van der Waals surface area contributed by atoms with Gasteiger partial charge in [0.25, 0.3) is 0 Å². The van der Waals surface area contributed by atoms with E-state index in [0.29, 0.717) is 5.92 Å². The zero-order chi connectivity index (χ0) is 16.4. The van der Waals surface area contributed by atoms with E-state index in [-0.39, 0.29) is 18.5 Å². The van der Waals surface area contributed by atoms with Gasteiger partial charge in [0.15, 0.2) is 0 Å². The van der Waals surface area contributed by atoms with Crippen molar-refractivity contribution in [3.63, 3.8) is 0 Å². The molecule has 2 fully saturated rings. The van der Waals surface area contributed by atoms with Gasteiger partial charge in [-0.3, -0.25) is 9.69 Å². The molecule has 0 radical (unpaired) electrons. The van der Waals surface area contributed by atoms with Crippen LogP contribution in [0.15, 0.2) is 24.3 Å². The van der Waals surface area contributed by atoms with Crippen LogP contribution in [0.2, 0.25) is 0 Å². The highest BCUT2D eigenvalue weighted by Gasteiger charge is 2.42. The minimum absolute atomic E-state index is 0.125. The topological polar surface area (TPSA) is 69.6 Å². The summed E-state index contributed by atoms with van der Waals surface area (Å²) in [6, 6.07) is 7.54. The number of hydrogen-bond donors (Lipinski definition) is 2. The lowest BCUT2D eigenvalue weighted by Gasteiger charge is -2.40. The second-order valence-electron chi connectivity index (χ2n) is 6.73. The summed E-state index contributed by atoms with van der Waals surface area (Å²) < 4.78 is 0. The van der Waals surface area contributed by atoms with Crippen molar-refractivity contribution in [2.24, 2.45) is 0 Å². The standard InChI is InChI=1S/C18H24N2O3/c1-12-16(17(21)19-12)20(18(22)23)11-13-7-9-15(10-8-13)14-5-3-2-4-6-14/h7-10,12,14,16H,2-6,11H2,1H3,(H,19,21)(H,22,23)/t12-,16+/m1/s1. The second-order valence-corrected chi connectivity index (χ2v) is 6.73. The van der Waals surface area contributed by atoms with E-state index in [9.17, 15) is 14.7 Å². The molecule has 0 bridgehead atoms. The first kappa shape index (κ1) is 15.8. The molecule has 5 nitrogen and oxygen atoms in total. The van der Waals surface area contributed by atoms with Gasteiger partial charge in [-0.2, -0.15) is 0 Å². The number of nitrogens with zero attached hydrogens (tertiary/aromatic N) is 1. The monoisotopic (exact) mass is 316 g/mol. The summed E-state index contributed by atoms with van der Waals surface area (Å²) in [5.41, 5.74) is 2.28. The van der Waals surface area contributed by atoms with Crippen LogP contribution in [-0.4, -0.2) is 34.1 Å². The molecule has 0 aromatic heterocycles. The average Bonchev–Trinajstić information content (AvgIpc) is 2.55. The van der Waals surface area contributed by atoms with Gasteiger partial charge in [-0.25, -0.2) is 4.79 Å². The predicted molar refractivity (Wildman–Crippen MR) is 87.2 cm³/mol. The van der Waals surface area contributed by atoms with Crippen molar-refractivity contribution in [2.75, 3.05) is 0 Å². The SMILES string of the molecule is C[C@H]1NC(=O)[C@H]1N(Cc1ccc(C2CCCCC2)cc1)C(=O)O. The molecule has 1 saturated heterocycles. The van der Waals surface area contributed by atoms with Gasteiger partial charge in [0.05, 0.1) is 6.04 Å². The number of rotatable bonds is 4. The Labute approximate surface area is 136 Å². The number of carboxylic acid groups (broad SMARTS) is 1. The summed E-state index contributed by atoms with van der Waals surface area (Å²) in [7, 11) is 0. The molecule has 2 aliphatic rings. The molecule has 5 heteroatoms. The summed E-state index contributed by atoms with van der Waals surface area (Å²) >= 11 is 0. The van der Waals surface area contributed by atoms with E-state index in [2.05, 4.69) is 17.4 Å². The predicted octanol–water partition coefficient (Wildman–Crippen LogP) is 3.10. The van der Waals surface area contributed by atoms with Gasteiger partial charge in [-0.15, -0.1) is 0 Å². The van der Waals surface area contributed by atoms with Crippen molar-refractivity contribution in [1.29, 1.82) is 0 Å². The fourth-order valence-corrected chi connectivity index (χ4v) is 3.74. The van der Waals surface area contributed by atoms with E-state index in [0.717, 1.165) is 5.56 Å². The molecule has 1 aromatic rings. The number of benzene rings is 1. The van der Waals surface area contributed by atoms with Crippen LogP contribution in [0.5, 0.6) is 0 Å². The Bertz CT molecular complexity index is 578. The van der Waals surface area contributed by atoms with Crippen molar-refractivity contribution in [3.8, 4) is 0 Å². The van der Waals surface area contributed by atoms with Gasteiger partial charge < -0.3 is 10.4 Å². The van der Waals surface area contributed by atoms with Crippen LogP contribution in [0.1, 0.15) is 56.1 Å². The lowest BCUT2D eigenvalue weighted by Crippen LogP contribution is -2.68. The molecular weight excluding hydrogens is 292 g/mol. The van der Waals surface area contributed by atoms with Crippen molar-refractivity contribution < 1.29 is 14.7 Å². The van der Waals surface area contributed by atoms with E-state index in [1.165, 1.54) is 42.6 Å². The molecule has 1 heterocycles. The Kier molecular flexibility index (Phi) is 4.55. The van der Waals surface area contributed by atoms with Crippen LogP contribution < -0.4 is 5.32 Å². The van der Waals surface area contributed by atoms with E-state index in [1.807, 2.05) is 19.1 Å². The number of nitrogens with one attached hydrogen (secondary N) is 1. The Morgan fingerprint density at radius 2 is 1.87 bits per heavy atom. The number of hydrogen-bond acceptors (Lipinski definition) is 2. The highest BCUT2D eigenvalue weighted by atomic mass is 16.4. The van der Waals surface area contributed by atoms with Crippen LogP contribution in [0.25, 0.3) is 0 Å². The first-order valence-electron chi connectivity index (χ1n) is 8.45. The van der Waals surface area contributed by atoms with Crippen molar-refractivity contribution in [2.45, 2.75) is 63.6 Å². The van der Waals surface area contributed by atoms with Gasteiger partial charge in [0, 0.05) is 6.54 Å². The molecule has 2 amide bonds. The zero-order valence-corrected chi connectivity index (χ0v) is 13.5. The third-order valence-corrected chi connectivity index (χ3v) is 5.10. The van der Waals surface area contributed by atoms with Gasteiger partial charge in [0.2, 0.25) is 5.91 Å². The Hall–Kier alpha value is -2.04. The lowest BCUT2D eigenvalue weighted by molar-refractivity contribution is -0.136. The fraction of sp³-hybridized carbons (Fsp3) is 0.556. The van der Waals surface area contributed by atoms with Crippen molar-refractivity contribution >= 4 is 12.0 Å². The second kappa shape index (κ2) is 6.60. The van der Waals surface area contributed by atoms with Gasteiger partial charge >= 0.3 is 6.09 Å². The van der Waals surface area contributed by atoms with E-state index >= 15 is 0 Å². The molecule has 1 aromatic carbocycles. The van der Waals surface area contributed by atoms with Crippen molar-refractivity contribution in [3.05, 3.63) is 35.4 Å². The first-order valence-corrected chi connectivity index (χ1v) is 8.45. The number of carbonyl (C=O) groups is 2. The summed E-state index contributed by atoms with van der Waals surface area (Å²) in [6.45, 7) is 2.08. The smallest absolute Gasteiger partial charge is 0.408 e. The minimum Gasteiger partial charge on any atom is -0.465 e. The van der Waals surface area contributed by atoms with Crippen LogP contribution in [0.3, 0.4) is 0 Å². The first-order chi connectivity index (χ1) is 11.1. The van der Waals surface area contributed by atoms with Gasteiger partial charge in [-0.1, -0.05) is 43.5 Å². The minimum atomic E-state index is -1.05. The molecular formula is C18H24N2O3. The summed E-state index contributed by atoms with van der Waals surface area (Å²) in [5.74, 6) is 0.435. The largest absolute Gasteiger partial charge is 0.465 e. The Balaban J connectivity index is 1.68. The maximum absolute atomic E-state index is 11.6. The Morgan fingerprint density at radius 3 is 2.39 bits per heavy atom. The zero-order valence-electron chi connectivity index (χ0n) is 13.5. The molecule has 2 atom stereocenters. The van der Waals surface area contributed by atoms with Crippen molar-refractivity contribution in [1.82, 2.24) is 10.2 Å². The summed E-state index contributed by atoms with van der Waals surface area (Å²) in [5, 5.41) is 12.1. The number of carbonyl (C=O) groups excluding carboxylic acids is 1. The maximum Gasteiger partial charge on any atom is 0.408 e. The van der Waals surface area contributed by atoms with Gasteiger partial charge in [0.1, 0.15) is 6.04 Å². The molecule has 1 aliphatic heterocycles. The fourth-order valence-electron chi connectivity index (χ4n) is 3.74. The molecule has 23 heavy (non-hydrogen) atoms. The van der Waals surface area contributed by atoms with Crippen LogP contribution in [0.4, 0.5) is 4.79 Å². The summed E-state index contributed by atoms with van der Waals surface area (Å²) in [6.07, 6.45) is 5.39. The average molecular weight is 316 g/mol.